The van der Waals surface area contributed by atoms with E-state index in [2.05, 4.69) is 0 Å². The molecule has 120 valence electrons. The van der Waals surface area contributed by atoms with Gasteiger partial charge in [-0.15, -0.1) is 0 Å². The highest BCUT2D eigenvalue weighted by molar-refractivity contribution is 5.97. The molecular formula is C18H19NO4. The van der Waals surface area contributed by atoms with Crippen LogP contribution in [-0.4, -0.2) is 36.7 Å². The Hall–Kier alpha value is -2.69. The minimum Gasteiger partial charge on any atom is -0.504 e. The summed E-state index contributed by atoms with van der Waals surface area (Å²) < 4.78 is 10.5. The van der Waals surface area contributed by atoms with Gasteiger partial charge in [-0.05, 0) is 30.2 Å². The average molecular weight is 313 g/mol. The standard InChI is InChI=1S/C18H19NO4/c1-22-16-6-4-3-5-13(16)11-19-8-7-12-9-15(20)17(23-2)10-14(12)18(19)21/h3-6,9-10,20H,7-8,11H2,1-2H3. The Labute approximate surface area is 135 Å². The second kappa shape index (κ2) is 6.20. The zero-order chi connectivity index (χ0) is 16.4. The fourth-order valence-corrected chi connectivity index (χ4v) is 2.90. The Morgan fingerprint density at radius 3 is 2.61 bits per heavy atom. The average Bonchev–Trinajstić information content (AvgIpc) is 2.57. The van der Waals surface area contributed by atoms with Crippen molar-refractivity contribution < 1.29 is 19.4 Å². The summed E-state index contributed by atoms with van der Waals surface area (Å²) in [5, 5.41) is 9.86. The summed E-state index contributed by atoms with van der Waals surface area (Å²) in [6.45, 7) is 1.10. The van der Waals surface area contributed by atoms with E-state index in [1.807, 2.05) is 24.3 Å². The van der Waals surface area contributed by atoms with E-state index in [-0.39, 0.29) is 11.7 Å². The summed E-state index contributed by atoms with van der Waals surface area (Å²) in [5.74, 6) is 1.10. The van der Waals surface area contributed by atoms with Gasteiger partial charge in [-0.25, -0.2) is 0 Å². The zero-order valence-electron chi connectivity index (χ0n) is 13.2. The molecule has 1 aliphatic rings. The Kier molecular flexibility index (Phi) is 4.10. The highest BCUT2D eigenvalue weighted by Gasteiger charge is 2.26. The van der Waals surface area contributed by atoms with Crippen LogP contribution in [0.3, 0.4) is 0 Å². The Morgan fingerprint density at radius 1 is 1.13 bits per heavy atom. The van der Waals surface area contributed by atoms with Gasteiger partial charge in [0.2, 0.25) is 0 Å². The van der Waals surface area contributed by atoms with Gasteiger partial charge in [0.25, 0.3) is 5.91 Å². The molecule has 1 aliphatic heterocycles. The second-order valence-electron chi connectivity index (χ2n) is 5.47. The van der Waals surface area contributed by atoms with E-state index in [0.29, 0.717) is 30.8 Å². The maximum atomic E-state index is 12.7. The van der Waals surface area contributed by atoms with Crippen molar-refractivity contribution in [1.82, 2.24) is 4.90 Å². The molecule has 0 aliphatic carbocycles. The number of nitrogens with zero attached hydrogens (tertiary/aromatic N) is 1. The number of rotatable bonds is 4. The van der Waals surface area contributed by atoms with Crippen molar-refractivity contribution in [2.24, 2.45) is 0 Å². The first-order valence-electron chi connectivity index (χ1n) is 7.45. The van der Waals surface area contributed by atoms with Gasteiger partial charge in [0.1, 0.15) is 5.75 Å². The molecule has 0 radical (unpaired) electrons. The van der Waals surface area contributed by atoms with Crippen molar-refractivity contribution in [3.8, 4) is 17.2 Å². The highest BCUT2D eigenvalue weighted by atomic mass is 16.5. The minimum absolute atomic E-state index is 0.0598. The SMILES string of the molecule is COc1cc2c(cc1O)CCN(Cc1ccccc1OC)C2=O. The molecular weight excluding hydrogens is 294 g/mol. The van der Waals surface area contributed by atoms with E-state index in [4.69, 9.17) is 9.47 Å². The van der Waals surface area contributed by atoms with Crippen LogP contribution in [0.1, 0.15) is 21.5 Å². The number of carbonyl (C=O) groups is 1. The number of amides is 1. The molecule has 5 heteroatoms. The van der Waals surface area contributed by atoms with Crippen molar-refractivity contribution in [1.29, 1.82) is 0 Å². The number of benzene rings is 2. The minimum atomic E-state index is -0.0598. The van der Waals surface area contributed by atoms with Crippen LogP contribution in [0.4, 0.5) is 0 Å². The predicted molar refractivity (Wildman–Crippen MR) is 86.1 cm³/mol. The summed E-state index contributed by atoms with van der Waals surface area (Å²) in [7, 11) is 3.10. The first kappa shape index (κ1) is 15.2. The summed E-state index contributed by atoms with van der Waals surface area (Å²) in [4.78, 5) is 14.5. The Bertz CT molecular complexity index is 742. The first-order valence-corrected chi connectivity index (χ1v) is 7.45. The molecule has 3 rings (SSSR count). The van der Waals surface area contributed by atoms with Crippen molar-refractivity contribution in [3.05, 3.63) is 53.1 Å². The number of ether oxygens (including phenoxy) is 2. The molecule has 1 amide bonds. The van der Waals surface area contributed by atoms with Gasteiger partial charge in [0.15, 0.2) is 11.5 Å². The topological polar surface area (TPSA) is 59.0 Å². The fraction of sp³-hybridized carbons (Fsp3) is 0.278. The largest absolute Gasteiger partial charge is 0.504 e. The molecule has 0 spiro atoms. The van der Waals surface area contributed by atoms with Gasteiger partial charge < -0.3 is 19.5 Å². The number of carbonyl (C=O) groups excluding carboxylic acids is 1. The monoisotopic (exact) mass is 313 g/mol. The zero-order valence-corrected chi connectivity index (χ0v) is 13.2. The molecule has 5 nitrogen and oxygen atoms in total. The third kappa shape index (κ3) is 2.82. The number of aromatic hydroxyl groups is 1. The molecule has 23 heavy (non-hydrogen) atoms. The number of fused-ring (bicyclic) bond motifs is 1. The molecule has 0 unspecified atom stereocenters. The molecule has 0 atom stereocenters. The number of phenols is 1. The van der Waals surface area contributed by atoms with Crippen LogP contribution < -0.4 is 9.47 Å². The summed E-state index contributed by atoms with van der Waals surface area (Å²) >= 11 is 0. The van der Waals surface area contributed by atoms with Gasteiger partial charge >= 0.3 is 0 Å². The summed E-state index contributed by atoms with van der Waals surface area (Å²) in [6.07, 6.45) is 0.702. The predicted octanol–water partition coefficient (Wildman–Crippen LogP) is 2.61. The molecule has 0 bridgehead atoms. The molecule has 0 aromatic heterocycles. The third-order valence-corrected chi connectivity index (χ3v) is 4.13. The van der Waals surface area contributed by atoms with Crippen LogP contribution in [0.2, 0.25) is 0 Å². The number of hydrogen-bond donors (Lipinski definition) is 1. The van der Waals surface area contributed by atoms with Gasteiger partial charge in [-0.2, -0.15) is 0 Å². The number of methoxy groups -OCH3 is 2. The number of hydrogen-bond acceptors (Lipinski definition) is 4. The van der Waals surface area contributed by atoms with E-state index in [1.54, 1.807) is 24.1 Å². The Balaban J connectivity index is 1.89. The molecule has 2 aromatic carbocycles. The van der Waals surface area contributed by atoms with Gasteiger partial charge in [0, 0.05) is 24.2 Å². The normalized spacial score (nSPS) is 13.7. The maximum Gasteiger partial charge on any atom is 0.254 e. The van der Waals surface area contributed by atoms with Crippen LogP contribution in [0.5, 0.6) is 17.2 Å². The second-order valence-corrected chi connectivity index (χ2v) is 5.47. The molecule has 2 aromatic rings. The Morgan fingerprint density at radius 2 is 1.87 bits per heavy atom. The molecule has 0 saturated carbocycles. The fourth-order valence-electron chi connectivity index (χ4n) is 2.90. The van der Waals surface area contributed by atoms with E-state index >= 15 is 0 Å². The lowest BCUT2D eigenvalue weighted by Crippen LogP contribution is -2.37. The van der Waals surface area contributed by atoms with Crippen molar-refractivity contribution >= 4 is 5.91 Å². The van der Waals surface area contributed by atoms with Crippen LogP contribution in [-0.2, 0) is 13.0 Å². The third-order valence-electron chi connectivity index (χ3n) is 4.13. The van der Waals surface area contributed by atoms with E-state index in [0.717, 1.165) is 16.9 Å². The molecule has 1 N–H and O–H groups in total. The molecule has 0 saturated heterocycles. The summed E-state index contributed by atoms with van der Waals surface area (Å²) in [6, 6.07) is 10.9. The van der Waals surface area contributed by atoms with Crippen molar-refractivity contribution in [3.63, 3.8) is 0 Å². The smallest absolute Gasteiger partial charge is 0.254 e. The van der Waals surface area contributed by atoms with Crippen LogP contribution in [0, 0.1) is 0 Å². The van der Waals surface area contributed by atoms with E-state index in [1.165, 1.54) is 7.11 Å². The van der Waals surface area contributed by atoms with Crippen LogP contribution in [0.25, 0.3) is 0 Å². The maximum absolute atomic E-state index is 12.7. The van der Waals surface area contributed by atoms with E-state index < -0.39 is 0 Å². The lowest BCUT2D eigenvalue weighted by Gasteiger charge is -2.29. The van der Waals surface area contributed by atoms with Crippen molar-refractivity contribution in [2.75, 3.05) is 20.8 Å². The molecule has 0 fully saturated rings. The van der Waals surface area contributed by atoms with Gasteiger partial charge in [0.05, 0.1) is 14.2 Å². The van der Waals surface area contributed by atoms with Gasteiger partial charge in [-0.1, -0.05) is 18.2 Å². The van der Waals surface area contributed by atoms with Gasteiger partial charge in [-0.3, -0.25) is 4.79 Å². The van der Waals surface area contributed by atoms with Crippen LogP contribution in [0.15, 0.2) is 36.4 Å². The quantitative estimate of drug-likeness (QED) is 0.942. The lowest BCUT2D eigenvalue weighted by molar-refractivity contribution is 0.0725. The lowest BCUT2D eigenvalue weighted by atomic mass is 9.97. The highest BCUT2D eigenvalue weighted by Crippen LogP contribution is 2.33. The number of para-hydroxylation sites is 1. The van der Waals surface area contributed by atoms with Crippen molar-refractivity contribution in [2.45, 2.75) is 13.0 Å². The summed E-state index contributed by atoms with van der Waals surface area (Å²) in [5.41, 5.74) is 2.41. The number of phenolic OH excluding ortho intramolecular Hbond substituents is 1. The van der Waals surface area contributed by atoms with E-state index in [9.17, 15) is 9.90 Å². The first-order chi connectivity index (χ1) is 11.1. The molecule has 1 heterocycles. The van der Waals surface area contributed by atoms with Crippen LogP contribution >= 0.6 is 0 Å².